The fourth-order valence-electron chi connectivity index (χ4n) is 1.87. The summed E-state index contributed by atoms with van der Waals surface area (Å²) in [6.45, 7) is 2.43. The van der Waals surface area contributed by atoms with Crippen molar-refractivity contribution in [2.45, 2.75) is 12.8 Å². The van der Waals surface area contributed by atoms with E-state index in [0.29, 0.717) is 11.3 Å². The van der Waals surface area contributed by atoms with Crippen molar-refractivity contribution in [1.29, 1.82) is 0 Å². The molecular formula is C8H12ClN. The van der Waals surface area contributed by atoms with Crippen molar-refractivity contribution < 1.29 is 0 Å². The highest BCUT2D eigenvalue weighted by atomic mass is 35.5. The monoisotopic (exact) mass is 157 g/mol. The summed E-state index contributed by atoms with van der Waals surface area (Å²) in [5, 5.41) is 3.28. The molecule has 0 bridgehead atoms. The third-order valence-corrected chi connectivity index (χ3v) is 2.59. The summed E-state index contributed by atoms with van der Waals surface area (Å²) >= 11 is 0. The average Bonchev–Trinajstić information content (AvgIpc) is 1.59. The average molecular weight is 158 g/mol. The Labute approximate surface area is 68.0 Å². The van der Waals surface area contributed by atoms with E-state index >= 15 is 0 Å². The SMILES string of the molecule is C#CC1CC2(CNC2)C1.Cl. The van der Waals surface area contributed by atoms with E-state index < -0.39 is 0 Å². The van der Waals surface area contributed by atoms with Crippen LogP contribution in [0.5, 0.6) is 0 Å². The maximum atomic E-state index is 5.26. The second-order valence-corrected chi connectivity index (χ2v) is 3.38. The molecule has 0 radical (unpaired) electrons. The van der Waals surface area contributed by atoms with Crippen LogP contribution in [0.25, 0.3) is 0 Å². The molecule has 2 aliphatic rings. The summed E-state index contributed by atoms with van der Waals surface area (Å²) in [6.07, 6.45) is 7.81. The molecule has 2 fully saturated rings. The lowest BCUT2D eigenvalue weighted by Crippen LogP contribution is -2.59. The first-order valence-corrected chi connectivity index (χ1v) is 3.52. The zero-order valence-corrected chi connectivity index (χ0v) is 6.71. The quantitative estimate of drug-likeness (QED) is 0.519. The van der Waals surface area contributed by atoms with E-state index in [9.17, 15) is 0 Å². The largest absolute Gasteiger partial charge is 0.316 e. The topological polar surface area (TPSA) is 12.0 Å². The van der Waals surface area contributed by atoms with Gasteiger partial charge in [-0.2, -0.15) is 0 Å². The fraction of sp³-hybridized carbons (Fsp3) is 0.750. The van der Waals surface area contributed by atoms with Crippen molar-refractivity contribution in [3.63, 3.8) is 0 Å². The van der Waals surface area contributed by atoms with Crippen LogP contribution in [0, 0.1) is 23.7 Å². The van der Waals surface area contributed by atoms with Gasteiger partial charge in [0.15, 0.2) is 0 Å². The molecule has 0 unspecified atom stereocenters. The third-order valence-electron chi connectivity index (χ3n) is 2.59. The minimum Gasteiger partial charge on any atom is -0.316 e. The predicted molar refractivity (Wildman–Crippen MR) is 44.1 cm³/mol. The van der Waals surface area contributed by atoms with Gasteiger partial charge in [-0.3, -0.25) is 0 Å². The summed E-state index contributed by atoms with van der Waals surface area (Å²) in [4.78, 5) is 0. The summed E-state index contributed by atoms with van der Waals surface area (Å²) < 4.78 is 0. The molecule has 0 aromatic carbocycles. The van der Waals surface area contributed by atoms with Crippen LogP contribution in [0.3, 0.4) is 0 Å². The van der Waals surface area contributed by atoms with E-state index in [-0.39, 0.29) is 12.4 Å². The van der Waals surface area contributed by atoms with Crippen molar-refractivity contribution in [1.82, 2.24) is 5.32 Å². The zero-order chi connectivity index (χ0) is 6.32. The molecule has 2 rings (SSSR count). The smallest absolute Gasteiger partial charge is 0.0212 e. The number of halogens is 1. The summed E-state index contributed by atoms with van der Waals surface area (Å²) in [6, 6.07) is 0. The molecule has 1 N–H and O–H groups in total. The Morgan fingerprint density at radius 2 is 2.00 bits per heavy atom. The zero-order valence-electron chi connectivity index (χ0n) is 5.89. The van der Waals surface area contributed by atoms with E-state index in [2.05, 4.69) is 11.2 Å². The van der Waals surface area contributed by atoms with Crippen LogP contribution >= 0.6 is 12.4 Å². The first kappa shape index (κ1) is 7.91. The highest BCUT2D eigenvalue weighted by Crippen LogP contribution is 2.47. The molecule has 0 amide bonds. The molecule has 0 aromatic heterocycles. The summed E-state index contributed by atoms with van der Waals surface area (Å²) in [5.74, 6) is 3.40. The van der Waals surface area contributed by atoms with E-state index in [1.54, 1.807) is 0 Å². The Morgan fingerprint density at radius 3 is 2.30 bits per heavy atom. The molecule has 1 saturated heterocycles. The molecule has 56 valence electrons. The fourth-order valence-corrected chi connectivity index (χ4v) is 1.87. The van der Waals surface area contributed by atoms with Crippen LogP contribution in [0.1, 0.15) is 12.8 Å². The van der Waals surface area contributed by atoms with Crippen molar-refractivity contribution >= 4 is 12.4 Å². The van der Waals surface area contributed by atoms with Gasteiger partial charge in [-0.1, -0.05) is 0 Å². The lowest BCUT2D eigenvalue weighted by Gasteiger charge is -2.52. The van der Waals surface area contributed by atoms with E-state index in [4.69, 9.17) is 6.42 Å². The van der Waals surface area contributed by atoms with Gasteiger partial charge in [0.1, 0.15) is 0 Å². The van der Waals surface area contributed by atoms with Gasteiger partial charge >= 0.3 is 0 Å². The Morgan fingerprint density at radius 1 is 1.40 bits per heavy atom. The van der Waals surface area contributed by atoms with Gasteiger partial charge in [0.2, 0.25) is 0 Å². The summed E-state index contributed by atoms with van der Waals surface area (Å²) in [5.41, 5.74) is 0.664. The molecule has 2 heteroatoms. The van der Waals surface area contributed by atoms with Crippen LogP contribution in [-0.2, 0) is 0 Å². The number of hydrogen-bond donors (Lipinski definition) is 1. The Balaban J connectivity index is 0.000000500. The van der Waals surface area contributed by atoms with Crippen LogP contribution in [0.2, 0.25) is 0 Å². The maximum Gasteiger partial charge on any atom is 0.0212 e. The molecule has 1 heterocycles. The highest BCUT2D eigenvalue weighted by Gasteiger charge is 2.47. The predicted octanol–water partition coefficient (Wildman–Crippen LogP) is 1.04. The lowest BCUT2D eigenvalue weighted by atomic mass is 9.59. The molecular weight excluding hydrogens is 146 g/mol. The molecule has 1 nitrogen and oxygen atoms in total. The Hall–Kier alpha value is -0.190. The van der Waals surface area contributed by atoms with E-state index in [0.717, 1.165) is 0 Å². The Bertz CT molecular complexity index is 159. The standard InChI is InChI=1S/C8H11N.ClH/c1-2-7-3-8(4-7)5-9-6-8;/h1,7,9H,3-6H2;1H. The minimum absolute atomic E-state index is 0. The lowest BCUT2D eigenvalue weighted by molar-refractivity contribution is 0.0266. The number of terminal acetylenes is 1. The second kappa shape index (κ2) is 2.45. The second-order valence-electron chi connectivity index (χ2n) is 3.38. The minimum atomic E-state index is 0. The number of rotatable bonds is 0. The Kier molecular flexibility index (Phi) is 1.94. The van der Waals surface area contributed by atoms with Gasteiger partial charge < -0.3 is 5.32 Å². The van der Waals surface area contributed by atoms with Gasteiger partial charge in [0.25, 0.3) is 0 Å². The van der Waals surface area contributed by atoms with E-state index in [1.165, 1.54) is 25.9 Å². The molecule has 1 aliphatic heterocycles. The van der Waals surface area contributed by atoms with E-state index in [1.807, 2.05) is 0 Å². The molecule has 0 aromatic rings. The third kappa shape index (κ3) is 0.923. The van der Waals surface area contributed by atoms with Crippen LogP contribution < -0.4 is 5.32 Å². The molecule has 0 atom stereocenters. The molecule has 10 heavy (non-hydrogen) atoms. The molecule has 1 aliphatic carbocycles. The summed E-state index contributed by atoms with van der Waals surface area (Å²) in [7, 11) is 0. The number of hydrogen-bond acceptors (Lipinski definition) is 1. The van der Waals surface area contributed by atoms with Crippen LogP contribution in [-0.4, -0.2) is 13.1 Å². The highest BCUT2D eigenvalue weighted by molar-refractivity contribution is 5.85. The first-order valence-electron chi connectivity index (χ1n) is 3.52. The van der Waals surface area contributed by atoms with Gasteiger partial charge in [-0.25, -0.2) is 0 Å². The van der Waals surface area contributed by atoms with Gasteiger partial charge in [0.05, 0.1) is 0 Å². The van der Waals surface area contributed by atoms with Crippen molar-refractivity contribution in [3.8, 4) is 12.3 Å². The molecule has 1 saturated carbocycles. The van der Waals surface area contributed by atoms with Crippen LogP contribution in [0.15, 0.2) is 0 Å². The number of nitrogens with one attached hydrogen (secondary N) is 1. The van der Waals surface area contributed by atoms with Crippen molar-refractivity contribution in [3.05, 3.63) is 0 Å². The van der Waals surface area contributed by atoms with Crippen molar-refractivity contribution in [2.75, 3.05) is 13.1 Å². The van der Waals surface area contributed by atoms with Gasteiger partial charge in [-0.15, -0.1) is 24.8 Å². The van der Waals surface area contributed by atoms with Crippen molar-refractivity contribution in [2.24, 2.45) is 11.3 Å². The maximum absolute atomic E-state index is 5.26. The van der Waals surface area contributed by atoms with Gasteiger partial charge in [0, 0.05) is 19.0 Å². The van der Waals surface area contributed by atoms with Crippen LogP contribution in [0.4, 0.5) is 0 Å². The normalized spacial score (nSPS) is 27.5. The first-order chi connectivity index (χ1) is 4.35. The van der Waals surface area contributed by atoms with Gasteiger partial charge in [-0.05, 0) is 18.3 Å². The molecule has 1 spiro atoms.